The van der Waals surface area contributed by atoms with Gasteiger partial charge in [0, 0.05) is 5.69 Å². The van der Waals surface area contributed by atoms with Gasteiger partial charge in [-0.25, -0.2) is 0 Å². The molecule has 1 nitrogen and oxygen atoms in total. The van der Waals surface area contributed by atoms with E-state index in [9.17, 15) is 0 Å². The van der Waals surface area contributed by atoms with Gasteiger partial charge in [-0.2, -0.15) is 0 Å². The van der Waals surface area contributed by atoms with Crippen molar-refractivity contribution in [2.24, 2.45) is 0 Å². The van der Waals surface area contributed by atoms with Crippen LogP contribution in [0.4, 0.5) is 5.69 Å². The van der Waals surface area contributed by atoms with Crippen molar-refractivity contribution in [1.29, 1.82) is 0 Å². The standard InChI is InChI=1S/C14H17N/c15-14-10-8-13(9-11-14)7-6-12-4-2-1-3-5-12/h1-2,4,8-11H,3,5-7,15H2. The molecule has 0 unspecified atom stereocenters. The number of hydrogen-bond donors (Lipinski definition) is 1. The fourth-order valence-electron chi connectivity index (χ4n) is 1.85. The molecule has 2 rings (SSSR count). The summed E-state index contributed by atoms with van der Waals surface area (Å²) < 4.78 is 0. The molecule has 0 heterocycles. The molecule has 1 aliphatic carbocycles. The average Bonchev–Trinajstić information content (AvgIpc) is 2.30. The van der Waals surface area contributed by atoms with Gasteiger partial charge in [-0.3, -0.25) is 0 Å². The van der Waals surface area contributed by atoms with Crippen LogP contribution in [-0.2, 0) is 6.42 Å². The summed E-state index contributed by atoms with van der Waals surface area (Å²) in [5.41, 5.74) is 9.43. The zero-order chi connectivity index (χ0) is 10.5. The fourth-order valence-corrected chi connectivity index (χ4v) is 1.85. The Kier molecular flexibility index (Phi) is 3.23. The number of nitrogens with two attached hydrogens (primary N) is 1. The van der Waals surface area contributed by atoms with Crippen molar-refractivity contribution >= 4 is 5.69 Å². The number of benzene rings is 1. The van der Waals surface area contributed by atoms with Crippen molar-refractivity contribution in [3.63, 3.8) is 0 Å². The predicted octanol–water partition coefficient (Wildman–Crippen LogP) is 3.48. The summed E-state index contributed by atoms with van der Waals surface area (Å²) in [6.07, 6.45) is 11.4. The molecule has 15 heavy (non-hydrogen) atoms. The van der Waals surface area contributed by atoms with E-state index in [1.807, 2.05) is 12.1 Å². The molecule has 0 saturated carbocycles. The molecule has 1 heteroatoms. The topological polar surface area (TPSA) is 26.0 Å². The maximum atomic E-state index is 5.65. The second kappa shape index (κ2) is 4.83. The highest BCUT2D eigenvalue weighted by Crippen LogP contribution is 2.18. The molecule has 0 amide bonds. The van der Waals surface area contributed by atoms with E-state index in [2.05, 4.69) is 30.4 Å². The van der Waals surface area contributed by atoms with Crippen LogP contribution in [0.15, 0.2) is 48.1 Å². The van der Waals surface area contributed by atoms with Gasteiger partial charge in [0.1, 0.15) is 0 Å². The lowest BCUT2D eigenvalue weighted by atomic mass is 9.98. The quantitative estimate of drug-likeness (QED) is 0.741. The van der Waals surface area contributed by atoms with E-state index < -0.39 is 0 Å². The molecular weight excluding hydrogens is 182 g/mol. The van der Waals surface area contributed by atoms with Crippen LogP contribution in [0.3, 0.4) is 0 Å². The minimum atomic E-state index is 0.846. The van der Waals surface area contributed by atoms with Crippen LogP contribution in [0.25, 0.3) is 0 Å². The maximum absolute atomic E-state index is 5.65. The minimum absolute atomic E-state index is 0.846. The Hall–Kier alpha value is -1.50. The highest BCUT2D eigenvalue weighted by molar-refractivity contribution is 5.39. The van der Waals surface area contributed by atoms with Crippen LogP contribution in [0, 0.1) is 0 Å². The minimum Gasteiger partial charge on any atom is -0.399 e. The Labute approximate surface area is 91.3 Å². The van der Waals surface area contributed by atoms with E-state index in [0.29, 0.717) is 0 Å². The van der Waals surface area contributed by atoms with Crippen LogP contribution in [0.2, 0.25) is 0 Å². The summed E-state index contributed by atoms with van der Waals surface area (Å²) in [7, 11) is 0. The molecule has 78 valence electrons. The van der Waals surface area contributed by atoms with E-state index in [1.165, 1.54) is 24.8 Å². The summed E-state index contributed by atoms with van der Waals surface area (Å²) in [5, 5.41) is 0. The Bertz CT molecular complexity index is 371. The summed E-state index contributed by atoms with van der Waals surface area (Å²) in [6.45, 7) is 0. The van der Waals surface area contributed by atoms with E-state index >= 15 is 0 Å². The molecule has 0 aliphatic heterocycles. The molecule has 0 aromatic heterocycles. The SMILES string of the molecule is Nc1ccc(CCC2=CC=CCC2)cc1. The van der Waals surface area contributed by atoms with Gasteiger partial charge in [-0.05, 0) is 43.4 Å². The zero-order valence-electron chi connectivity index (χ0n) is 8.95. The maximum Gasteiger partial charge on any atom is 0.0314 e. The van der Waals surface area contributed by atoms with Gasteiger partial charge in [0.15, 0.2) is 0 Å². The number of aryl methyl sites for hydroxylation is 1. The van der Waals surface area contributed by atoms with Crippen molar-refractivity contribution in [2.45, 2.75) is 25.7 Å². The van der Waals surface area contributed by atoms with Crippen molar-refractivity contribution in [1.82, 2.24) is 0 Å². The van der Waals surface area contributed by atoms with Gasteiger partial charge in [0.25, 0.3) is 0 Å². The summed E-state index contributed by atoms with van der Waals surface area (Å²) in [6, 6.07) is 8.19. The molecule has 0 radical (unpaired) electrons. The smallest absolute Gasteiger partial charge is 0.0314 e. The first-order valence-electron chi connectivity index (χ1n) is 5.53. The Morgan fingerprint density at radius 3 is 2.53 bits per heavy atom. The predicted molar refractivity (Wildman–Crippen MR) is 65.6 cm³/mol. The molecule has 0 spiro atoms. The number of rotatable bonds is 3. The normalized spacial score (nSPS) is 15.1. The van der Waals surface area contributed by atoms with Crippen molar-refractivity contribution in [3.8, 4) is 0 Å². The van der Waals surface area contributed by atoms with Crippen LogP contribution in [0.5, 0.6) is 0 Å². The molecular formula is C14H17N. The lowest BCUT2D eigenvalue weighted by Gasteiger charge is -2.08. The number of hydrogen-bond acceptors (Lipinski definition) is 1. The summed E-state index contributed by atoms with van der Waals surface area (Å²) in [4.78, 5) is 0. The van der Waals surface area contributed by atoms with Gasteiger partial charge in [-0.1, -0.05) is 35.9 Å². The van der Waals surface area contributed by atoms with Crippen LogP contribution in [0.1, 0.15) is 24.8 Å². The molecule has 0 saturated heterocycles. The zero-order valence-corrected chi connectivity index (χ0v) is 8.95. The van der Waals surface area contributed by atoms with E-state index in [4.69, 9.17) is 5.73 Å². The Morgan fingerprint density at radius 1 is 1.07 bits per heavy atom. The molecule has 1 aromatic carbocycles. The lowest BCUT2D eigenvalue weighted by Crippen LogP contribution is -1.92. The van der Waals surface area contributed by atoms with Gasteiger partial charge in [0.2, 0.25) is 0 Å². The highest BCUT2D eigenvalue weighted by atomic mass is 14.5. The molecule has 1 aliphatic rings. The van der Waals surface area contributed by atoms with Gasteiger partial charge in [-0.15, -0.1) is 0 Å². The third-order valence-corrected chi connectivity index (χ3v) is 2.81. The first kappa shape index (κ1) is 10.0. The van der Waals surface area contributed by atoms with E-state index in [1.54, 1.807) is 5.57 Å². The lowest BCUT2D eigenvalue weighted by molar-refractivity contribution is 0.840. The number of allylic oxidation sites excluding steroid dienone is 4. The van der Waals surface area contributed by atoms with E-state index in [-0.39, 0.29) is 0 Å². The van der Waals surface area contributed by atoms with Crippen molar-refractivity contribution in [3.05, 3.63) is 53.6 Å². The van der Waals surface area contributed by atoms with E-state index in [0.717, 1.165) is 12.1 Å². The highest BCUT2D eigenvalue weighted by Gasteiger charge is 2.00. The van der Waals surface area contributed by atoms with Crippen molar-refractivity contribution < 1.29 is 0 Å². The Morgan fingerprint density at radius 2 is 1.87 bits per heavy atom. The van der Waals surface area contributed by atoms with Crippen LogP contribution < -0.4 is 5.73 Å². The molecule has 1 aromatic rings. The summed E-state index contributed by atoms with van der Waals surface area (Å²) in [5.74, 6) is 0. The second-order valence-corrected chi connectivity index (χ2v) is 4.03. The summed E-state index contributed by atoms with van der Waals surface area (Å²) >= 11 is 0. The number of nitrogen functional groups attached to an aromatic ring is 1. The average molecular weight is 199 g/mol. The second-order valence-electron chi connectivity index (χ2n) is 4.03. The van der Waals surface area contributed by atoms with Gasteiger partial charge >= 0.3 is 0 Å². The molecule has 0 atom stereocenters. The van der Waals surface area contributed by atoms with Gasteiger partial charge in [0.05, 0.1) is 0 Å². The number of anilines is 1. The monoisotopic (exact) mass is 199 g/mol. The van der Waals surface area contributed by atoms with Crippen LogP contribution in [-0.4, -0.2) is 0 Å². The molecule has 2 N–H and O–H groups in total. The van der Waals surface area contributed by atoms with Gasteiger partial charge < -0.3 is 5.73 Å². The fraction of sp³-hybridized carbons (Fsp3) is 0.286. The third-order valence-electron chi connectivity index (χ3n) is 2.81. The molecule has 0 fully saturated rings. The van der Waals surface area contributed by atoms with Crippen molar-refractivity contribution in [2.75, 3.05) is 5.73 Å². The first-order valence-corrected chi connectivity index (χ1v) is 5.53. The largest absolute Gasteiger partial charge is 0.399 e. The third kappa shape index (κ3) is 2.98. The van der Waals surface area contributed by atoms with Crippen LogP contribution >= 0.6 is 0 Å². The Balaban J connectivity index is 1.90. The molecule has 0 bridgehead atoms. The first-order chi connectivity index (χ1) is 7.34.